The van der Waals surface area contributed by atoms with Crippen LogP contribution in [0, 0.1) is 0 Å². The van der Waals surface area contributed by atoms with Crippen LogP contribution in [0.3, 0.4) is 0 Å². The van der Waals surface area contributed by atoms with Gasteiger partial charge in [0.05, 0.1) is 0 Å². The molecule has 17 heavy (non-hydrogen) atoms. The second kappa shape index (κ2) is 6.14. The van der Waals surface area contributed by atoms with Gasteiger partial charge in [0.2, 0.25) is 0 Å². The maximum atomic E-state index is 3.65. The fourth-order valence-corrected chi connectivity index (χ4v) is 3.21. The minimum Gasteiger partial charge on any atom is -0.314 e. The lowest BCUT2D eigenvalue weighted by atomic mass is 10.0. The van der Waals surface area contributed by atoms with E-state index in [-0.39, 0.29) is 0 Å². The number of nitrogens with one attached hydrogen (secondary N) is 2. The van der Waals surface area contributed by atoms with Crippen LogP contribution in [-0.4, -0.2) is 74.2 Å². The number of likely N-dealkylation sites (N-methyl/N-ethyl adjacent to an activating group) is 1. The van der Waals surface area contributed by atoms with Gasteiger partial charge in [-0.25, -0.2) is 0 Å². The van der Waals surface area contributed by atoms with Crippen LogP contribution in [0.4, 0.5) is 0 Å². The number of hydrogen-bond donors (Lipinski definition) is 2. The molecule has 0 saturated carbocycles. The molecule has 2 saturated heterocycles. The van der Waals surface area contributed by atoms with Crippen LogP contribution in [0.1, 0.15) is 20.3 Å². The van der Waals surface area contributed by atoms with Crippen LogP contribution < -0.4 is 10.6 Å². The van der Waals surface area contributed by atoms with Gasteiger partial charge in [-0.15, -0.1) is 0 Å². The molecule has 0 radical (unpaired) electrons. The smallest absolute Gasteiger partial charge is 0.0210 e. The predicted molar refractivity (Wildman–Crippen MR) is 72.4 cm³/mol. The molecule has 0 bridgehead atoms. The van der Waals surface area contributed by atoms with Crippen LogP contribution in [0.15, 0.2) is 0 Å². The molecule has 2 aliphatic rings. The Kier molecular flexibility index (Phi) is 4.79. The quantitative estimate of drug-likeness (QED) is 0.725. The van der Waals surface area contributed by atoms with Crippen molar-refractivity contribution in [2.24, 2.45) is 0 Å². The van der Waals surface area contributed by atoms with Gasteiger partial charge in [-0.05, 0) is 27.3 Å². The van der Waals surface area contributed by atoms with Gasteiger partial charge in [-0.2, -0.15) is 0 Å². The van der Waals surface area contributed by atoms with Crippen molar-refractivity contribution in [1.29, 1.82) is 0 Å². The fraction of sp³-hybridized carbons (Fsp3) is 1.00. The summed E-state index contributed by atoms with van der Waals surface area (Å²) in [4.78, 5) is 5.10. The fourth-order valence-electron chi connectivity index (χ4n) is 3.21. The van der Waals surface area contributed by atoms with E-state index in [9.17, 15) is 0 Å². The van der Waals surface area contributed by atoms with Gasteiger partial charge in [0, 0.05) is 57.4 Å². The number of hydrogen-bond acceptors (Lipinski definition) is 4. The summed E-state index contributed by atoms with van der Waals surface area (Å²) < 4.78 is 0. The minimum atomic E-state index is 0.672. The van der Waals surface area contributed by atoms with Crippen LogP contribution in [0.5, 0.6) is 0 Å². The van der Waals surface area contributed by atoms with Gasteiger partial charge in [0.25, 0.3) is 0 Å². The number of piperazine rings is 2. The first-order chi connectivity index (χ1) is 8.16. The van der Waals surface area contributed by atoms with Gasteiger partial charge in [-0.1, -0.05) is 0 Å². The Morgan fingerprint density at radius 3 is 2.82 bits per heavy atom. The third kappa shape index (κ3) is 3.65. The van der Waals surface area contributed by atoms with Gasteiger partial charge < -0.3 is 15.5 Å². The first-order valence-electron chi connectivity index (χ1n) is 7.05. The molecule has 0 aliphatic carbocycles. The zero-order chi connectivity index (χ0) is 12.3. The highest BCUT2D eigenvalue weighted by molar-refractivity contribution is 4.85. The molecule has 0 aromatic heterocycles. The Morgan fingerprint density at radius 1 is 1.29 bits per heavy atom. The van der Waals surface area contributed by atoms with E-state index in [0.29, 0.717) is 18.1 Å². The Morgan fingerprint density at radius 2 is 2.12 bits per heavy atom. The lowest BCUT2D eigenvalue weighted by molar-refractivity contribution is 0.103. The molecule has 3 atom stereocenters. The van der Waals surface area contributed by atoms with Crippen molar-refractivity contribution in [3.05, 3.63) is 0 Å². The molecule has 2 aliphatic heterocycles. The lowest BCUT2D eigenvalue weighted by Crippen LogP contribution is -2.56. The van der Waals surface area contributed by atoms with Crippen LogP contribution in [-0.2, 0) is 0 Å². The SMILES string of the molecule is CC1CNCCN1C(C)CC1CN(C)CCN1. The maximum Gasteiger partial charge on any atom is 0.0210 e. The second-order valence-corrected chi connectivity index (χ2v) is 5.79. The van der Waals surface area contributed by atoms with E-state index in [0.717, 1.165) is 19.6 Å². The standard InChI is InChI=1S/C13H28N4/c1-11(17-7-4-14-9-12(17)2)8-13-10-16(3)6-5-15-13/h11-15H,4-10H2,1-3H3. The molecule has 2 rings (SSSR count). The van der Waals surface area contributed by atoms with E-state index in [4.69, 9.17) is 0 Å². The van der Waals surface area contributed by atoms with Crippen LogP contribution >= 0.6 is 0 Å². The molecule has 0 aromatic rings. The zero-order valence-corrected chi connectivity index (χ0v) is 11.6. The molecule has 4 heteroatoms. The van der Waals surface area contributed by atoms with Crippen molar-refractivity contribution in [3.8, 4) is 0 Å². The molecule has 2 N–H and O–H groups in total. The lowest BCUT2D eigenvalue weighted by Gasteiger charge is -2.41. The summed E-state index contributed by atoms with van der Waals surface area (Å²) in [5, 5.41) is 7.11. The summed E-state index contributed by atoms with van der Waals surface area (Å²) in [5.74, 6) is 0. The Balaban J connectivity index is 1.80. The summed E-state index contributed by atoms with van der Waals surface area (Å²) in [5.41, 5.74) is 0. The molecule has 2 fully saturated rings. The molecule has 0 amide bonds. The summed E-state index contributed by atoms with van der Waals surface area (Å²) in [6, 6.07) is 2.04. The molecule has 0 aromatic carbocycles. The highest BCUT2D eigenvalue weighted by Gasteiger charge is 2.26. The van der Waals surface area contributed by atoms with Gasteiger partial charge in [0.1, 0.15) is 0 Å². The van der Waals surface area contributed by atoms with Crippen molar-refractivity contribution in [2.75, 3.05) is 46.3 Å². The highest BCUT2D eigenvalue weighted by atomic mass is 15.2. The molecule has 2 heterocycles. The predicted octanol–water partition coefficient (Wildman–Crippen LogP) is -0.0377. The van der Waals surface area contributed by atoms with Crippen molar-refractivity contribution in [3.63, 3.8) is 0 Å². The van der Waals surface area contributed by atoms with E-state index >= 15 is 0 Å². The second-order valence-electron chi connectivity index (χ2n) is 5.79. The molecule has 3 unspecified atom stereocenters. The minimum absolute atomic E-state index is 0.672. The number of rotatable bonds is 3. The van der Waals surface area contributed by atoms with Crippen molar-refractivity contribution in [2.45, 2.75) is 38.4 Å². The highest BCUT2D eigenvalue weighted by Crippen LogP contribution is 2.14. The normalized spacial score (nSPS) is 34.8. The average molecular weight is 240 g/mol. The van der Waals surface area contributed by atoms with Crippen LogP contribution in [0.25, 0.3) is 0 Å². The van der Waals surface area contributed by atoms with Gasteiger partial charge in [-0.3, -0.25) is 4.90 Å². The van der Waals surface area contributed by atoms with Gasteiger partial charge in [0.15, 0.2) is 0 Å². The first kappa shape index (κ1) is 13.3. The monoisotopic (exact) mass is 240 g/mol. The van der Waals surface area contributed by atoms with Crippen molar-refractivity contribution >= 4 is 0 Å². The molecule has 4 nitrogen and oxygen atoms in total. The van der Waals surface area contributed by atoms with Crippen LogP contribution in [0.2, 0.25) is 0 Å². The molecular formula is C13H28N4. The van der Waals surface area contributed by atoms with E-state index in [1.807, 2.05) is 0 Å². The van der Waals surface area contributed by atoms with Crippen molar-refractivity contribution < 1.29 is 0 Å². The summed E-state index contributed by atoms with van der Waals surface area (Å²) in [6.45, 7) is 11.7. The summed E-state index contributed by atoms with van der Waals surface area (Å²) >= 11 is 0. The van der Waals surface area contributed by atoms with Gasteiger partial charge >= 0.3 is 0 Å². The summed E-state index contributed by atoms with van der Waals surface area (Å²) in [7, 11) is 2.23. The third-order valence-corrected chi connectivity index (χ3v) is 4.20. The summed E-state index contributed by atoms with van der Waals surface area (Å²) in [6.07, 6.45) is 1.27. The Bertz CT molecular complexity index is 233. The first-order valence-corrected chi connectivity index (χ1v) is 7.05. The van der Waals surface area contributed by atoms with E-state index < -0.39 is 0 Å². The van der Waals surface area contributed by atoms with Crippen molar-refractivity contribution in [1.82, 2.24) is 20.4 Å². The maximum absolute atomic E-state index is 3.65. The Labute approximate surface area is 106 Å². The number of nitrogens with zero attached hydrogens (tertiary/aromatic N) is 2. The average Bonchev–Trinajstić information content (AvgIpc) is 2.29. The van der Waals surface area contributed by atoms with E-state index in [2.05, 4.69) is 41.3 Å². The molecular weight excluding hydrogens is 212 g/mol. The topological polar surface area (TPSA) is 30.5 Å². The molecule has 100 valence electrons. The third-order valence-electron chi connectivity index (χ3n) is 4.20. The van der Waals surface area contributed by atoms with E-state index in [1.165, 1.54) is 26.1 Å². The Hall–Kier alpha value is -0.160. The zero-order valence-electron chi connectivity index (χ0n) is 11.6. The largest absolute Gasteiger partial charge is 0.314 e. The molecule has 0 spiro atoms. The van der Waals surface area contributed by atoms with E-state index in [1.54, 1.807) is 0 Å².